The fourth-order valence-electron chi connectivity index (χ4n) is 8.80. The van der Waals surface area contributed by atoms with Gasteiger partial charge >= 0.3 is 0 Å². The highest BCUT2D eigenvalue weighted by Crippen LogP contribution is 2.70. The summed E-state index contributed by atoms with van der Waals surface area (Å²) in [5, 5.41) is 0. The monoisotopic (exact) mass is 394 g/mol. The van der Waals surface area contributed by atoms with Crippen molar-refractivity contribution in [1.82, 2.24) is 0 Å². The summed E-state index contributed by atoms with van der Waals surface area (Å²) in [6, 6.07) is 10.8. The van der Waals surface area contributed by atoms with E-state index in [2.05, 4.69) is 51.1 Å². The maximum Gasteiger partial charge on any atom is 0.0847 e. The van der Waals surface area contributed by atoms with Gasteiger partial charge in [-0.15, -0.1) is 0 Å². The first-order chi connectivity index (χ1) is 13.9. The third kappa shape index (κ3) is 2.67. The zero-order valence-electron chi connectivity index (χ0n) is 18.5. The van der Waals surface area contributed by atoms with E-state index in [1.165, 1.54) is 56.9 Å². The molecular formula is C27H38O2. The second-order valence-corrected chi connectivity index (χ2v) is 11.8. The minimum atomic E-state index is 0.0213. The number of ether oxygens (including phenoxy) is 2. The van der Waals surface area contributed by atoms with Crippen LogP contribution in [0.1, 0.15) is 77.7 Å². The lowest BCUT2D eigenvalue weighted by Gasteiger charge is -2.61. The highest BCUT2D eigenvalue weighted by molar-refractivity contribution is 5.17. The molecule has 1 heterocycles. The summed E-state index contributed by atoms with van der Waals surface area (Å²) in [5.41, 5.74) is 2.20. The van der Waals surface area contributed by atoms with Gasteiger partial charge in [0.1, 0.15) is 0 Å². The highest BCUT2D eigenvalue weighted by Gasteiger charge is 2.66. The molecule has 158 valence electrons. The number of epoxide rings is 1. The van der Waals surface area contributed by atoms with E-state index in [-0.39, 0.29) is 5.60 Å². The minimum absolute atomic E-state index is 0.0213. The molecule has 0 aromatic heterocycles. The third-order valence-corrected chi connectivity index (χ3v) is 10.8. The third-order valence-electron chi connectivity index (χ3n) is 10.8. The van der Waals surface area contributed by atoms with Crippen LogP contribution in [0.25, 0.3) is 0 Å². The molecule has 0 N–H and O–H groups in total. The lowest BCUT2D eigenvalue weighted by atomic mass is 9.44. The van der Waals surface area contributed by atoms with Gasteiger partial charge in [0.15, 0.2) is 0 Å². The van der Waals surface area contributed by atoms with E-state index in [9.17, 15) is 0 Å². The summed E-state index contributed by atoms with van der Waals surface area (Å²) in [5.74, 6) is 3.59. The molecule has 29 heavy (non-hydrogen) atoms. The van der Waals surface area contributed by atoms with Gasteiger partial charge in [0.2, 0.25) is 0 Å². The number of benzene rings is 1. The summed E-state index contributed by atoms with van der Waals surface area (Å²) in [7, 11) is 0. The van der Waals surface area contributed by atoms with Crippen LogP contribution < -0.4 is 0 Å². The Morgan fingerprint density at radius 1 is 0.931 bits per heavy atom. The Morgan fingerprint density at radius 3 is 2.55 bits per heavy atom. The van der Waals surface area contributed by atoms with Gasteiger partial charge < -0.3 is 9.47 Å². The Kier molecular flexibility index (Phi) is 4.12. The van der Waals surface area contributed by atoms with E-state index < -0.39 is 0 Å². The molecule has 2 nitrogen and oxygen atoms in total. The predicted molar refractivity (Wildman–Crippen MR) is 115 cm³/mol. The molecule has 5 fully saturated rings. The number of hydrogen-bond acceptors (Lipinski definition) is 2. The fourth-order valence-corrected chi connectivity index (χ4v) is 8.80. The Bertz CT molecular complexity index is 776. The molecule has 4 saturated carbocycles. The molecule has 0 amide bonds. The first-order valence-electron chi connectivity index (χ1n) is 12.3. The molecule has 4 unspecified atom stereocenters. The van der Waals surface area contributed by atoms with Crippen molar-refractivity contribution in [2.24, 2.45) is 34.5 Å². The fraction of sp³-hybridized carbons (Fsp3) is 0.778. The van der Waals surface area contributed by atoms with Gasteiger partial charge in [-0.3, -0.25) is 0 Å². The molecule has 4 aliphatic carbocycles. The van der Waals surface area contributed by atoms with Crippen LogP contribution >= 0.6 is 0 Å². The van der Waals surface area contributed by atoms with Crippen LogP contribution in [-0.2, 0) is 16.1 Å². The van der Waals surface area contributed by atoms with Crippen LogP contribution in [0.15, 0.2) is 30.3 Å². The van der Waals surface area contributed by atoms with Gasteiger partial charge in [0, 0.05) is 0 Å². The smallest absolute Gasteiger partial charge is 0.0847 e. The van der Waals surface area contributed by atoms with Gasteiger partial charge in [0.25, 0.3) is 0 Å². The van der Waals surface area contributed by atoms with E-state index in [0.717, 1.165) is 30.3 Å². The van der Waals surface area contributed by atoms with E-state index in [4.69, 9.17) is 9.47 Å². The van der Waals surface area contributed by atoms with Gasteiger partial charge in [-0.05, 0) is 98.4 Å². The Hall–Kier alpha value is -0.860. The standard InChI is InChI=1S/C27H38O2/c1-25-16-24-23(29-24)15-19(25)9-10-20-21(25)11-13-26(2)22(20)12-14-27(26,3)28-17-18-7-5-4-6-8-18/h4-8,19-24H,9-17H2,1-3H3/t19?,20-,21-,22+,23?,24?,25+,26+,27?/m1/s1. The Balaban J connectivity index is 1.23. The molecule has 0 radical (unpaired) electrons. The van der Waals surface area contributed by atoms with Gasteiger partial charge in [-0.25, -0.2) is 0 Å². The first-order valence-corrected chi connectivity index (χ1v) is 12.3. The molecular weight excluding hydrogens is 356 g/mol. The molecule has 0 spiro atoms. The topological polar surface area (TPSA) is 21.8 Å². The molecule has 5 aliphatic rings. The summed E-state index contributed by atoms with van der Waals surface area (Å²) >= 11 is 0. The van der Waals surface area contributed by atoms with Crippen molar-refractivity contribution in [3.8, 4) is 0 Å². The molecule has 1 saturated heterocycles. The number of fused-ring (bicyclic) bond motifs is 6. The van der Waals surface area contributed by atoms with E-state index in [0.29, 0.717) is 23.0 Å². The average molecular weight is 395 g/mol. The molecule has 1 aromatic rings. The van der Waals surface area contributed by atoms with Crippen molar-refractivity contribution < 1.29 is 9.47 Å². The van der Waals surface area contributed by atoms with Crippen molar-refractivity contribution in [2.75, 3.05) is 0 Å². The molecule has 0 bridgehead atoms. The summed E-state index contributed by atoms with van der Waals surface area (Å²) < 4.78 is 12.8. The van der Waals surface area contributed by atoms with E-state index in [1.807, 2.05) is 0 Å². The zero-order valence-corrected chi connectivity index (χ0v) is 18.5. The Morgan fingerprint density at radius 2 is 1.72 bits per heavy atom. The number of rotatable bonds is 3. The largest absolute Gasteiger partial charge is 0.370 e. The molecule has 1 aliphatic heterocycles. The summed E-state index contributed by atoms with van der Waals surface area (Å²) in [6.07, 6.45) is 12.2. The van der Waals surface area contributed by atoms with Crippen molar-refractivity contribution >= 4 is 0 Å². The van der Waals surface area contributed by atoms with Crippen LogP contribution in [0.5, 0.6) is 0 Å². The lowest BCUT2D eigenvalue weighted by Crippen LogP contribution is -2.56. The maximum absolute atomic E-state index is 6.76. The van der Waals surface area contributed by atoms with Gasteiger partial charge in [0.05, 0.1) is 24.4 Å². The van der Waals surface area contributed by atoms with Crippen LogP contribution in [0.3, 0.4) is 0 Å². The van der Waals surface area contributed by atoms with Crippen molar-refractivity contribution in [1.29, 1.82) is 0 Å². The SMILES string of the molecule is CC1(OCc2ccccc2)CC[C@H]2[C@@H]3CCC4CC5OC5C[C@]4(C)[C@@H]3CC[C@@]21C. The second kappa shape index (κ2) is 6.33. The van der Waals surface area contributed by atoms with Crippen molar-refractivity contribution in [3.63, 3.8) is 0 Å². The van der Waals surface area contributed by atoms with Gasteiger partial charge in [-0.1, -0.05) is 44.2 Å². The molecule has 6 rings (SSSR count). The lowest BCUT2D eigenvalue weighted by molar-refractivity contribution is -0.169. The van der Waals surface area contributed by atoms with Crippen molar-refractivity contribution in [2.45, 2.75) is 96.6 Å². The van der Waals surface area contributed by atoms with Gasteiger partial charge in [-0.2, -0.15) is 0 Å². The number of hydrogen-bond donors (Lipinski definition) is 0. The minimum Gasteiger partial charge on any atom is -0.370 e. The van der Waals surface area contributed by atoms with Crippen LogP contribution in [0, 0.1) is 34.5 Å². The van der Waals surface area contributed by atoms with E-state index >= 15 is 0 Å². The van der Waals surface area contributed by atoms with E-state index in [1.54, 1.807) is 0 Å². The van der Waals surface area contributed by atoms with Crippen LogP contribution in [0.4, 0.5) is 0 Å². The highest BCUT2D eigenvalue weighted by atomic mass is 16.6. The van der Waals surface area contributed by atoms with Crippen LogP contribution in [0.2, 0.25) is 0 Å². The maximum atomic E-state index is 6.76. The zero-order chi connectivity index (χ0) is 19.9. The average Bonchev–Trinajstić information content (AvgIpc) is 3.41. The summed E-state index contributed by atoms with van der Waals surface area (Å²) in [6.45, 7) is 8.43. The molecule has 9 atom stereocenters. The Labute approximate surface area is 176 Å². The summed E-state index contributed by atoms with van der Waals surface area (Å²) in [4.78, 5) is 0. The quantitative estimate of drug-likeness (QED) is 0.555. The van der Waals surface area contributed by atoms with Crippen molar-refractivity contribution in [3.05, 3.63) is 35.9 Å². The van der Waals surface area contributed by atoms with Crippen LogP contribution in [-0.4, -0.2) is 17.8 Å². The molecule has 2 heteroatoms. The normalized spacial score (nSPS) is 52.8. The predicted octanol–water partition coefficient (Wildman–Crippen LogP) is 6.38. The molecule has 1 aromatic carbocycles. The first kappa shape index (κ1) is 18.9. The second-order valence-electron chi connectivity index (χ2n) is 11.8.